The monoisotopic (exact) mass is 208 g/mol. The van der Waals surface area contributed by atoms with E-state index in [1.54, 1.807) is 0 Å². The summed E-state index contributed by atoms with van der Waals surface area (Å²) in [5.74, 6) is 3.80. The van der Waals surface area contributed by atoms with Crippen LogP contribution in [0.1, 0.15) is 26.2 Å². The molecule has 84 valence electrons. The van der Waals surface area contributed by atoms with Gasteiger partial charge in [0.1, 0.15) is 0 Å². The van der Waals surface area contributed by atoms with Crippen LogP contribution in [0.3, 0.4) is 0 Å². The number of rotatable bonds is 4. The van der Waals surface area contributed by atoms with E-state index >= 15 is 0 Å². The summed E-state index contributed by atoms with van der Waals surface area (Å²) in [5.41, 5.74) is 0. The number of likely N-dealkylation sites (N-methyl/N-ethyl adjacent to an activating group) is 1. The molecule has 4 atom stereocenters. The third kappa shape index (κ3) is 1.48. The Morgan fingerprint density at radius 2 is 1.93 bits per heavy atom. The zero-order valence-corrected chi connectivity index (χ0v) is 9.33. The maximum absolute atomic E-state index is 11.5. The van der Waals surface area contributed by atoms with Crippen LogP contribution >= 0.6 is 0 Å². The molecule has 4 unspecified atom stereocenters. The molecule has 0 radical (unpaired) electrons. The van der Waals surface area contributed by atoms with Gasteiger partial charge in [0, 0.05) is 6.04 Å². The zero-order chi connectivity index (χ0) is 10.4. The third-order valence-electron chi connectivity index (χ3n) is 4.60. The molecule has 3 saturated carbocycles. The molecule has 0 heterocycles. The molecular weight excluding hydrogens is 188 g/mol. The molecule has 2 bridgehead atoms. The smallest absolute Gasteiger partial charge is 0.234 e. The van der Waals surface area contributed by atoms with E-state index < -0.39 is 0 Å². The number of amides is 1. The van der Waals surface area contributed by atoms with Crippen molar-refractivity contribution >= 4 is 5.91 Å². The van der Waals surface area contributed by atoms with Gasteiger partial charge in [-0.3, -0.25) is 4.79 Å². The van der Waals surface area contributed by atoms with Gasteiger partial charge in [0.05, 0.1) is 6.54 Å². The zero-order valence-electron chi connectivity index (χ0n) is 9.33. The highest BCUT2D eigenvalue weighted by Crippen LogP contribution is 2.65. The fraction of sp³-hybridized carbons (Fsp3) is 0.917. The lowest BCUT2D eigenvalue weighted by Crippen LogP contribution is -2.37. The van der Waals surface area contributed by atoms with E-state index in [1.165, 1.54) is 19.3 Å². The third-order valence-corrected chi connectivity index (χ3v) is 4.60. The average molecular weight is 208 g/mol. The van der Waals surface area contributed by atoms with Gasteiger partial charge >= 0.3 is 0 Å². The van der Waals surface area contributed by atoms with Crippen molar-refractivity contribution in [1.29, 1.82) is 0 Å². The van der Waals surface area contributed by atoms with Crippen LogP contribution in [0, 0.1) is 23.7 Å². The Bertz CT molecular complexity index is 263. The number of nitrogens with one attached hydrogen (secondary N) is 2. The predicted octanol–water partition coefficient (Wildman–Crippen LogP) is 0.757. The van der Waals surface area contributed by atoms with E-state index in [9.17, 15) is 4.79 Å². The van der Waals surface area contributed by atoms with Crippen LogP contribution in [0.2, 0.25) is 0 Å². The maximum Gasteiger partial charge on any atom is 0.234 e. The topological polar surface area (TPSA) is 41.1 Å². The second kappa shape index (κ2) is 3.48. The molecule has 0 spiro atoms. The number of carbonyl (C=O) groups is 1. The lowest BCUT2D eigenvalue weighted by molar-refractivity contribution is -0.120. The van der Waals surface area contributed by atoms with Crippen LogP contribution < -0.4 is 10.6 Å². The summed E-state index contributed by atoms with van der Waals surface area (Å²) in [5, 5.41) is 6.26. The molecule has 2 N–H and O–H groups in total. The Hall–Kier alpha value is -0.570. The minimum atomic E-state index is 0.190. The number of hydrogen-bond acceptors (Lipinski definition) is 2. The summed E-state index contributed by atoms with van der Waals surface area (Å²) in [6.45, 7) is 3.39. The van der Waals surface area contributed by atoms with Gasteiger partial charge in [0.25, 0.3) is 0 Å². The Labute approximate surface area is 91.0 Å². The molecule has 3 fully saturated rings. The molecule has 3 aliphatic carbocycles. The number of fused-ring (bicyclic) bond motifs is 5. The molecule has 0 aliphatic heterocycles. The molecule has 3 heteroatoms. The Kier molecular flexibility index (Phi) is 2.23. The van der Waals surface area contributed by atoms with E-state index in [0.29, 0.717) is 12.6 Å². The molecule has 15 heavy (non-hydrogen) atoms. The van der Waals surface area contributed by atoms with Crippen LogP contribution in [0.4, 0.5) is 0 Å². The van der Waals surface area contributed by atoms with Crippen LogP contribution in [0.5, 0.6) is 0 Å². The minimum Gasteiger partial charge on any atom is -0.352 e. The van der Waals surface area contributed by atoms with E-state index in [2.05, 4.69) is 10.6 Å². The SMILES string of the molecule is CCNCC(=O)NC1C2C3CCC(C3)C12. The molecular formula is C12H20N2O. The second-order valence-corrected chi connectivity index (χ2v) is 5.36. The number of hydrogen-bond donors (Lipinski definition) is 2. The highest BCUT2D eigenvalue weighted by molar-refractivity contribution is 5.78. The van der Waals surface area contributed by atoms with E-state index in [4.69, 9.17) is 0 Å². The molecule has 0 saturated heterocycles. The maximum atomic E-state index is 11.5. The molecule has 0 aromatic heterocycles. The van der Waals surface area contributed by atoms with Crippen molar-refractivity contribution in [3.05, 3.63) is 0 Å². The van der Waals surface area contributed by atoms with Gasteiger partial charge in [-0.1, -0.05) is 6.92 Å². The van der Waals surface area contributed by atoms with E-state index in [-0.39, 0.29) is 5.91 Å². The van der Waals surface area contributed by atoms with Gasteiger partial charge in [-0.2, -0.15) is 0 Å². The predicted molar refractivity (Wildman–Crippen MR) is 58.3 cm³/mol. The lowest BCUT2D eigenvalue weighted by Gasteiger charge is -2.10. The number of carbonyl (C=O) groups excluding carboxylic acids is 1. The Balaban J connectivity index is 1.49. The van der Waals surface area contributed by atoms with Crippen molar-refractivity contribution in [2.24, 2.45) is 23.7 Å². The van der Waals surface area contributed by atoms with Crippen molar-refractivity contribution in [2.45, 2.75) is 32.2 Å². The molecule has 0 aromatic rings. The molecule has 1 amide bonds. The normalized spacial score (nSPS) is 45.3. The van der Waals surface area contributed by atoms with Gasteiger partial charge in [0.15, 0.2) is 0 Å². The van der Waals surface area contributed by atoms with Crippen molar-refractivity contribution in [3.63, 3.8) is 0 Å². The first-order chi connectivity index (χ1) is 7.31. The summed E-state index contributed by atoms with van der Waals surface area (Å²) in [7, 11) is 0. The van der Waals surface area contributed by atoms with Crippen LogP contribution in [-0.4, -0.2) is 25.0 Å². The summed E-state index contributed by atoms with van der Waals surface area (Å²) >= 11 is 0. The van der Waals surface area contributed by atoms with Crippen LogP contribution in [-0.2, 0) is 4.79 Å². The highest BCUT2D eigenvalue weighted by atomic mass is 16.2. The van der Waals surface area contributed by atoms with Crippen molar-refractivity contribution in [3.8, 4) is 0 Å². The molecule has 3 nitrogen and oxygen atoms in total. The quantitative estimate of drug-likeness (QED) is 0.716. The highest BCUT2D eigenvalue weighted by Gasteiger charge is 2.65. The Morgan fingerprint density at radius 1 is 1.27 bits per heavy atom. The lowest BCUT2D eigenvalue weighted by atomic mass is 10.0. The summed E-state index contributed by atoms with van der Waals surface area (Å²) in [6, 6.07) is 0.544. The summed E-state index contributed by atoms with van der Waals surface area (Å²) < 4.78 is 0. The standard InChI is InChI=1S/C12H20N2O/c1-2-13-6-9(15)14-12-10-7-3-4-8(5-7)11(10)12/h7-8,10-13H,2-6H2,1H3,(H,14,15). The van der Waals surface area contributed by atoms with Crippen molar-refractivity contribution in [2.75, 3.05) is 13.1 Å². The van der Waals surface area contributed by atoms with E-state index in [1.807, 2.05) is 6.92 Å². The van der Waals surface area contributed by atoms with Crippen molar-refractivity contribution < 1.29 is 4.79 Å². The van der Waals surface area contributed by atoms with Crippen LogP contribution in [0.15, 0.2) is 0 Å². The van der Waals surface area contributed by atoms with E-state index in [0.717, 1.165) is 30.2 Å². The van der Waals surface area contributed by atoms with Gasteiger partial charge < -0.3 is 10.6 Å². The van der Waals surface area contributed by atoms with Gasteiger partial charge in [-0.05, 0) is 49.5 Å². The first kappa shape index (κ1) is 9.64. The van der Waals surface area contributed by atoms with Gasteiger partial charge in [0.2, 0.25) is 5.91 Å². The average Bonchev–Trinajstić information content (AvgIpc) is 2.65. The minimum absolute atomic E-state index is 0.190. The molecule has 3 aliphatic rings. The first-order valence-electron chi connectivity index (χ1n) is 6.31. The largest absolute Gasteiger partial charge is 0.352 e. The first-order valence-corrected chi connectivity index (χ1v) is 6.31. The van der Waals surface area contributed by atoms with Crippen molar-refractivity contribution in [1.82, 2.24) is 10.6 Å². The molecule has 0 aromatic carbocycles. The van der Waals surface area contributed by atoms with Crippen LogP contribution in [0.25, 0.3) is 0 Å². The van der Waals surface area contributed by atoms with Gasteiger partial charge in [-0.15, -0.1) is 0 Å². The molecule has 3 rings (SSSR count). The van der Waals surface area contributed by atoms with Gasteiger partial charge in [-0.25, -0.2) is 0 Å². The fourth-order valence-corrected chi connectivity index (χ4v) is 3.99. The second-order valence-electron chi connectivity index (χ2n) is 5.36. The fourth-order valence-electron chi connectivity index (χ4n) is 3.99. The summed E-state index contributed by atoms with van der Waals surface area (Å²) in [4.78, 5) is 11.5. The summed E-state index contributed by atoms with van der Waals surface area (Å²) in [6.07, 6.45) is 4.30. The Morgan fingerprint density at radius 3 is 2.53 bits per heavy atom.